The van der Waals surface area contributed by atoms with Crippen LogP contribution < -0.4 is 38.7 Å². The number of ether oxygens (including phenoxy) is 3. The minimum Gasteiger partial charge on any atom is -1.00 e. The van der Waals surface area contributed by atoms with Crippen molar-refractivity contribution in [2.45, 2.75) is 71.8 Å². The Morgan fingerprint density at radius 3 is 2.02 bits per heavy atom. The van der Waals surface area contributed by atoms with E-state index in [1.807, 2.05) is 61.7 Å². The van der Waals surface area contributed by atoms with E-state index in [4.69, 9.17) is 19.0 Å². The normalized spacial score (nSPS) is 13.5. The SMILES string of the molecule is C[n+]1cc(-c2ccc(OCC(ON3C(=O)c4ccccc4C3=O)C(=O)OC(C)(C)C)cc2)cn1CCCNC(=O)OC(C)(C)C.[I-]. The Morgan fingerprint density at radius 1 is 0.870 bits per heavy atom. The van der Waals surface area contributed by atoms with Crippen LogP contribution in [-0.4, -0.2) is 64.1 Å². The van der Waals surface area contributed by atoms with Crippen LogP contribution in [0.2, 0.25) is 0 Å². The number of imide groups is 1. The molecular weight excluding hydrogens is 707 g/mol. The summed E-state index contributed by atoms with van der Waals surface area (Å²) in [4.78, 5) is 56.2. The summed E-state index contributed by atoms with van der Waals surface area (Å²) in [7, 11) is 1.94. The van der Waals surface area contributed by atoms with Crippen molar-refractivity contribution in [3.63, 3.8) is 0 Å². The number of alkyl carbamates (subject to hydrolysis) is 1. The fraction of sp³-hybridized carbons (Fsp3) is 0.424. The number of rotatable bonds is 11. The first-order valence-corrected chi connectivity index (χ1v) is 14.7. The number of nitrogens with zero attached hydrogens (tertiary/aromatic N) is 3. The lowest BCUT2D eigenvalue weighted by Crippen LogP contribution is -3.00. The molecule has 0 bridgehead atoms. The summed E-state index contributed by atoms with van der Waals surface area (Å²) >= 11 is 0. The average molecular weight is 749 g/mol. The van der Waals surface area contributed by atoms with Gasteiger partial charge < -0.3 is 43.5 Å². The highest BCUT2D eigenvalue weighted by atomic mass is 127. The molecule has 2 heterocycles. The van der Waals surface area contributed by atoms with Crippen LogP contribution in [0.5, 0.6) is 5.75 Å². The number of halogens is 1. The molecule has 1 aliphatic heterocycles. The fourth-order valence-electron chi connectivity index (χ4n) is 4.49. The van der Waals surface area contributed by atoms with Crippen LogP contribution in [0, 0.1) is 0 Å². The van der Waals surface area contributed by atoms with Crippen molar-refractivity contribution in [1.82, 2.24) is 15.1 Å². The van der Waals surface area contributed by atoms with Gasteiger partial charge in [0.25, 0.3) is 11.8 Å². The molecule has 0 fully saturated rings. The molecule has 248 valence electrons. The zero-order valence-corrected chi connectivity index (χ0v) is 29.3. The molecule has 0 saturated heterocycles. The molecule has 4 rings (SSSR count). The lowest BCUT2D eigenvalue weighted by Gasteiger charge is -2.26. The topological polar surface area (TPSA) is 129 Å². The number of hydrogen-bond donors (Lipinski definition) is 1. The summed E-state index contributed by atoms with van der Waals surface area (Å²) in [6.07, 6.45) is 2.90. The number of aromatic nitrogens is 2. The molecule has 0 saturated carbocycles. The van der Waals surface area contributed by atoms with Crippen LogP contribution in [0.4, 0.5) is 4.79 Å². The first-order chi connectivity index (χ1) is 21.1. The highest BCUT2D eigenvalue weighted by Gasteiger charge is 2.40. The second kappa shape index (κ2) is 15.1. The van der Waals surface area contributed by atoms with E-state index in [0.29, 0.717) is 23.9 Å². The lowest BCUT2D eigenvalue weighted by atomic mass is 10.1. The Balaban J connectivity index is 0.00000576. The van der Waals surface area contributed by atoms with Crippen LogP contribution in [0.3, 0.4) is 0 Å². The van der Waals surface area contributed by atoms with E-state index < -0.39 is 41.2 Å². The van der Waals surface area contributed by atoms with Crippen LogP contribution in [-0.2, 0) is 32.7 Å². The third-order valence-corrected chi connectivity index (χ3v) is 6.50. The van der Waals surface area contributed by atoms with Crippen molar-refractivity contribution < 1.29 is 66.9 Å². The fourth-order valence-corrected chi connectivity index (χ4v) is 4.49. The summed E-state index contributed by atoms with van der Waals surface area (Å²) in [5, 5.41) is 3.36. The van der Waals surface area contributed by atoms with E-state index in [1.54, 1.807) is 45.0 Å². The number of carbonyl (C=O) groups is 4. The monoisotopic (exact) mass is 748 g/mol. The van der Waals surface area contributed by atoms with E-state index >= 15 is 0 Å². The highest BCUT2D eigenvalue weighted by molar-refractivity contribution is 6.20. The molecule has 1 aliphatic rings. The van der Waals surface area contributed by atoms with Gasteiger partial charge in [0.05, 0.1) is 29.4 Å². The molecule has 0 spiro atoms. The molecular formula is C33H41IN4O8. The molecule has 3 amide bonds. The van der Waals surface area contributed by atoms with E-state index in [1.165, 1.54) is 12.1 Å². The predicted molar refractivity (Wildman–Crippen MR) is 163 cm³/mol. The van der Waals surface area contributed by atoms with Gasteiger partial charge in [0.1, 0.15) is 23.6 Å². The zero-order valence-electron chi connectivity index (χ0n) is 27.2. The summed E-state index contributed by atoms with van der Waals surface area (Å²) < 4.78 is 20.6. The molecule has 46 heavy (non-hydrogen) atoms. The third-order valence-electron chi connectivity index (χ3n) is 6.50. The Labute approximate surface area is 285 Å². The quantitative estimate of drug-likeness (QED) is 0.102. The smallest absolute Gasteiger partial charge is 0.407 e. The van der Waals surface area contributed by atoms with E-state index in [2.05, 4.69) is 5.32 Å². The maximum atomic E-state index is 13.0. The molecule has 1 N–H and O–H groups in total. The molecule has 13 heteroatoms. The van der Waals surface area contributed by atoms with Crippen LogP contribution in [0.25, 0.3) is 11.1 Å². The molecule has 3 aromatic rings. The molecule has 0 radical (unpaired) electrons. The minimum absolute atomic E-state index is 0. The first-order valence-electron chi connectivity index (χ1n) is 14.7. The maximum absolute atomic E-state index is 13.0. The summed E-state index contributed by atoms with van der Waals surface area (Å²) in [5.41, 5.74) is 0.938. The second-order valence-corrected chi connectivity index (χ2v) is 12.6. The van der Waals surface area contributed by atoms with Gasteiger partial charge in [-0.3, -0.25) is 9.59 Å². The average Bonchev–Trinajstić information content (AvgIpc) is 3.43. The molecule has 12 nitrogen and oxygen atoms in total. The van der Waals surface area contributed by atoms with Gasteiger partial charge in [-0.05, 0) is 77.8 Å². The van der Waals surface area contributed by atoms with Gasteiger partial charge in [0, 0.05) is 6.54 Å². The predicted octanol–water partition coefficient (Wildman–Crippen LogP) is 1.22. The third kappa shape index (κ3) is 9.76. The van der Waals surface area contributed by atoms with Crippen molar-refractivity contribution in [2.75, 3.05) is 13.2 Å². The summed E-state index contributed by atoms with van der Waals surface area (Å²) in [6.45, 7) is 11.5. The number of hydrogen-bond acceptors (Lipinski definition) is 8. The van der Waals surface area contributed by atoms with Gasteiger partial charge in [-0.1, -0.05) is 24.3 Å². The number of carbonyl (C=O) groups excluding carboxylic acids is 4. The first kappa shape index (κ1) is 36.5. The van der Waals surface area contributed by atoms with Gasteiger partial charge >= 0.3 is 12.1 Å². The van der Waals surface area contributed by atoms with Crippen LogP contribution >= 0.6 is 0 Å². The van der Waals surface area contributed by atoms with Crippen molar-refractivity contribution >= 4 is 23.9 Å². The Bertz CT molecular complexity index is 1520. The lowest BCUT2D eigenvalue weighted by molar-refractivity contribution is -0.753. The van der Waals surface area contributed by atoms with Crippen LogP contribution in [0.15, 0.2) is 60.9 Å². The number of amides is 3. The number of aryl methyl sites for hydroxylation is 2. The minimum atomic E-state index is -1.39. The molecule has 1 aromatic heterocycles. The molecule has 1 unspecified atom stereocenters. The number of benzene rings is 2. The van der Waals surface area contributed by atoms with Gasteiger partial charge in [-0.25, -0.2) is 14.4 Å². The van der Waals surface area contributed by atoms with Gasteiger partial charge in [0.2, 0.25) is 12.3 Å². The highest BCUT2D eigenvalue weighted by Crippen LogP contribution is 2.25. The van der Waals surface area contributed by atoms with Crippen molar-refractivity contribution in [1.29, 1.82) is 0 Å². The summed E-state index contributed by atoms with van der Waals surface area (Å²) in [6, 6.07) is 13.6. The van der Waals surface area contributed by atoms with Crippen molar-refractivity contribution in [2.24, 2.45) is 7.05 Å². The largest absolute Gasteiger partial charge is 1.00 e. The van der Waals surface area contributed by atoms with Gasteiger partial charge in [0.15, 0.2) is 7.05 Å². The Kier molecular flexibility index (Phi) is 12.0. The second-order valence-electron chi connectivity index (χ2n) is 12.6. The van der Waals surface area contributed by atoms with Crippen LogP contribution in [0.1, 0.15) is 68.7 Å². The number of nitrogens with one attached hydrogen (secondary N) is 1. The van der Waals surface area contributed by atoms with Gasteiger partial charge in [-0.15, -0.1) is 9.75 Å². The molecule has 0 aliphatic carbocycles. The van der Waals surface area contributed by atoms with E-state index in [-0.39, 0.29) is 41.7 Å². The standard InChI is InChI=1S/C33H40N4O8.HI/c1-32(2,3)43-30(40)27(45-37-28(38)25-11-8-9-12-26(25)29(37)39)21-42-24-15-13-22(14-16-24)23-19-35(7)36(20-23)18-10-17-34-31(41)44-33(4,5)6;/h8-9,11-16,19-20,27H,10,17-18,21H2,1-7H3;1H. The zero-order chi connectivity index (χ0) is 32.9. The number of hydroxylamine groups is 2. The van der Waals surface area contributed by atoms with Gasteiger partial charge in [-0.2, -0.15) is 4.68 Å². The van der Waals surface area contributed by atoms with Crippen molar-refractivity contribution in [3.05, 3.63) is 72.1 Å². The maximum Gasteiger partial charge on any atom is 0.407 e. The van der Waals surface area contributed by atoms with Crippen molar-refractivity contribution in [3.8, 4) is 16.9 Å². The number of fused-ring (bicyclic) bond motifs is 1. The molecule has 1 atom stereocenters. The molecule has 2 aromatic carbocycles. The Hall–Kier alpha value is -3.98. The van der Waals surface area contributed by atoms with E-state index in [9.17, 15) is 19.2 Å². The summed E-state index contributed by atoms with van der Waals surface area (Å²) in [5.74, 6) is -1.64. The van der Waals surface area contributed by atoms with E-state index in [0.717, 1.165) is 17.5 Å². The number of esters is 1. The Morgan fingerprint density at radius 2 is 1.46 bits per heavy atom.